The lowest BCUT2D eigenvalue weighted by molar-refractivity contribution is -0.160. The van der Waals surface area contributed by atoms with E-state index in [4.69, 9.17) is 4.74 Å². The Morgan fingerprint density at radius 2 is 1.50 bits per heavy atom. The molecule has 0 radical (unpaired) electrons. The molecular formula is C29H42O3. The van der Waals surface area contributed by atoms with Gasteiger partial charge in [-0.15, -0.1) is 0 Å². The van der Waals surface area contributed by atoms with Gasteiger partial charge in [-0.2, -0.15) is 0 Å². The molecule has 2 aliphatic rings. The number of allylic oxidation sites excluding steroid dienone is 2. The summed E-state index contributed by atoms with van der Waals surface area (Å²) in [6.45, 7) is 8.73. The Balaban J connectivity index is 2.08. The van der Waals surface area contributed by atoms with Gasteiger partial charge in [0, 0.05) is 17.6 Å². The number of unbranched alkanes of at least 4 members (excludes halogenated alkanes) is 4. The Morgan fingerprint density at radius 3 is 2.19 bits per heavy atom. The number of carbonyl (C=O) groups is 1. The van der Waals surface area contributed by atoms with E-state index in [1.807, 2.05) is 0 Å². The van der Waals surface area contributed by atoms with Gasteiger partial charge in [0.1, 0.15) is 5.75 Å². The molecule has 3 nitrogen and oxygen atoms in total. The quantitative estimate of drug-likeness (QED) is 0.376. The Kier molecular flexibility index (Phi) is 8.76. The number of rotatable bonds is 12. The van der Waals surface area contributed by atoms with Crippen molar-refractivity contribution in [1.82, 2.24) is 0 Å². The summed E-state index contributed by atoms with van der Waals surface area (Å²) in [5.41, 5.74) is 6.25. The number of Topliss-reactive ketones (excluding diaryl/α,β-unsaturated/α-hetero) is 1. The number of benzene rings is 1. The average molecular weight is 439 g/mol. The summed E-state index contributed by atoms with van der Waals surface area (Å²) >= 11 is 0. The molecule has 1 atom stereocenters. The standard InChI is InChI=1S/C29H42O3/c1-5-9-13-21-17-23(15-11-7-3)27-25(18-21)20-26-22(14-10-6-2)19-24(16-12-8-4)28(30)29(26,31)32-27/h17-19,31H,5-16,20H2,1-4H3. The van der Waals surface area contributed by atoms with Gasteiger partial charge >= 0.3 is 0 Å². The van der Waals surface area contributed by atoms with Gasteiger partial charge in [-0.05, 0) is 73.6 Å². The first-order valence-corrected chi connectivity index (χ1v) is 13.0. The van der Waals surface area contributed by atoms with Gasteiger partial charge in [0.2, 0.25) is 5.78 Å². The van der Waals surface area contributed by atoms with Crippen LogP contribution in [0, 0.1) is 0 Å². The number of ether oxygens (including phenoxy) is 1. The van der Waals surface area contributed by atoms with Crippen molar-refractivity contribution in [1.29, 1.82) is 0 Å². The Hall–Kier alpha value is -1.87. The smallest absolute Gasteiger partial charge is 0.296 e. The van der Waals surface area contributed by atoms with Crippen LogP contribution >= 0.6 is 0 Å². The molecular weight excluding hydrogens is 396 g/mol. The van der Waals surface area contributed by atoms with Gasteiger partial charge in [-0.25, -0.2) is 0 Å². The van der Waals surface area contributed by atoms with Gasteiger partial charge < -0.3 is 9.84 Å². The fourth-order valence-electron chi connectivity index (χ4n) is 4.93. The number of aryl methyl sites for hydroxylation is 2. The minimum absolute atomic E-state index is 0.247. The van der Waals surface area contributed by atoms with Crippen molar-refractivity contribution in [2.75, 3.05) is 0 Å². The zero-order valence-corrected chi connectivity index (χ0v) is 20.7. The van der Waals surface area contributed by atoms with Crippen molar-refractivity contribution in [3.63, 3.8) is 0 Å². The van der Waals surface area contributed by atoms with E-state index in [0.29, 0.717) is 12.8 Å². The van der Waals surface area contributed by atoms with Crippen LogP contribution in [0.2, 0.25) is 0 Å². The largest absolute Gasteiger partial charge is 0.450 e. The van der Waals surface area contributed by atoms with Gasteiger partial charge in [0.15, 0.2) is 0 Å². The predicted molar refractivity (Wildman–Crippen MR) is 132 cm³/mol. The van der Waals surface area contributed by atoms with E-state index in [0.717, 1.165) is 91.4 Å². The van der Waals surface area contributed by atoms with Crippen LogP contribution in [0.15, 0.2) is 34.9 Å². The Bertz CT molecular complexity index is 877. The molecule has 0 spiro atoms. The summed E-state index contributed by atoms with van der Waals surface area (Å²) in [6, 6.07) is 4.51. The zero-order valence-electron chi connectivity index (χ0n) is 20.7. The van der Waals surface area contributed by atoms with Crippen LogP contribution in [0.4, 0.5) is 0 Å². The number of hydrogen-bond donors (Lipinski definition) is 1. The van der Waals surface area contributed by atoms with Crippen molar-refractivity contribution in [2.45, 2.75) is 117 Å². The first kappa shape index (κ1) is 24.8. The fourth-order valence-corrected chi connectivity index (χ4v) is 4.93. The highest BCUT2D eigenvalue weighted by molar-refractivity contribution is 6.05. The lowest BCUT2D eigenvalue weighted by Crippen LogP contribution is -2.52. The van der Waals surface area contributed by atoms with Crippen LogP contribution in [0.25, 0.3) is 0 Å². The second-order valence-electron chi connectivity index (χ2n) is 9.58. The molecule has 0 fully saturated rings. The molecule has 3 heteroatoms. The average Bonchev–Trinajstić information content (AvgIpc) is 2.79. The molecule has 1 unspecified atom stereocenters. The number of ketones is 1. The summed E-state index contributed by atoms with van der Waals surface area (Å²) in [6.07, 6.45) is 14.9. The Morgan fingerprint density at radius 1 is 0.875 bits per heavy atom. The molecule has 1 aliphatic carbocycles. The van der Waals surface area contributed by atoms with Crippen molar-refractivity contribution in [3.05, 3.63) is 51.6 Å². The molecule has 1 heterocycles. The summed E-state index contributed by atoms with van der Waals surface area (Å²) < 4.78 is 6.35. The molecule has 0 aromatic heterocycles. The minimum Gasteiger partial charge on any atom is -0.450 e. The number of aliphatic hydroxyl groups is 1. The predicted octanol–water partition coefficient (Wildman–Crippen LogP) is 7.18. The molecule has 32 heavy (non-hydrogen) atoms. The number of fused-ring (bicyclic) bond motifs is 2. The minimum atomic E-state index is -1.83. The highest BCUT2D eigenvalue weighted by Crippen LogP contribution is 2.45. The van der Waals surface area contributed by atoms with Gasteiger partial charge in [0.25, 0.3) is 5.79 Å². The van der Waals surface area contributed by atoms with Gasteiger partial charge in [0.05, 0.1) is 0 Å². The lowest BCUT2D eigenvalue weighted by Gasteiger charge is -2.40. The number of carbonyl (C=O) groups excluding carboxylic acids is 1. The SMILES string of the molecule is CCCCC1=CC(CCCC)=C2Cc3cc(CCCC)cc(CCCC)c3OC2(O)C1=O. The van der Waals surface area contributed by atoms with E-state index >= 15 is 0 Å². The lowest BCUT2D eigenvalue weighted by atomic mass is 9.77. The van der Waals surface area contributed by atoms with E-state index in [9.17, 15) is 9.90 Å². The first-order chi connectivity index (χ1) is 15.5. The zero-order chi connectivity index (χ0) is 23.1. The van der Waals surface area contributed by atoms with Gasteiger partial charge in [-0.3, -0.25) is 4.79 Å². The summed E-state index contributed by atoms with van der Waals surface area (Å²) in [7, 11) is 0. The summed E-state index contributed by atoms with van der Waals surface area (Å²) in [4.78, 5) is 13.5. The molecule has 1 aromatic rings. The molecule has 0 saturated heterocycles. The van der Waals surface area contributed by atoms with Crippen LogP contribution < -0.4 is 4.74 Å². The second kappa shape index (κ2) is 11.3. The molecule has 1 aromatic carbocycles. The van der Waals surface area contributed by atoms with Crippen molar-refractivity contribution >= 4 is 5.78 Å². The van der Waals surface area contributed by atoms with Crippen LogP contribution in [0.5, 0.6) is 5.75 Å². The fraction of sp³-hybridized carbons (Fsp3) is 0.621. The Labute approximate surface area is 195 Å². The second-order valence-corrected chi connectivity index (χ2v) is 9.58. The molecule has 1 aliphatic heterocycles. The monoisotopic (exact) mass is 438 g/mol. The van der Waals surface area contributed by atoms with E-state index < -0.39 is 5.79 Å². The van der Waals surface area contributed by atoms with Crippen LogP contribution in [0.1, 0.15) is 109 Å². The van der Waals surface area contributed by atoms with Crippen molar-refractivity contribution in [2.24, 2.45) is 0 Å². The summed E-state index contributed by atoms with van der Waals surface area (Å²) in [5.74, 6) is -1.33. The maximum absolute atomic E-state index is 13.5. The highest BCUT2D eigenvalue weighted by Gasteiger charge is 2.50. The van der Waals surface area contributed by atoms with Crippen LogP contribution in [0.3, 0.4) is 0 Å². The third-order valence-corrected chi connectivity index (χ3v) is 6.88. The highest BCUT2D eigenvalue weighted by atomic mass is 16.6. The van der Waals surface area contributed by atoms with Crippen molar-refractivity contribution in [3.8, 4) is 5.75 Å². The molecule has 1 N–H and O–H groups in total. The maximum Gasteiger partial charge on any atom is 0.296 e. The maximum atomic E-state index is 13.5. The van der Waals surface area contributed by atoms with E-state index in [1.54, 1.807) is 0 Å². The molecule has 0 amide bonds. The van der Waals surface area contributed by atoms with E-state index in [1.165, 1.54) is 18.4 Å². The van der Waals surface area contributed by atoms with Gasteiger partial charge in [-0.1, -0.05) is 71.6 Å². The first-order valence-electron chi connectivity index (χ1n) is 13.0. The van der Waals surface area contributed by atoms with Crippen LogP contribution in [-0.4, -0.2) is 16.7 Å². The number of hydrogen-bond acceptors (Lipinski definition) is 3. The third-order valence-electron chi connectivity index (χ3n) is 6.88. The topological polar surface area (TPSA) is 46.5 Å². The molecule has 0 bridgehead atoms. The van der Waals surface area contributed by atoms with E-state index in [-0.39, 0.29) is 5.78 Å². The van der Waals surface area contributed by atoms with E-state index in [2.05, 4.69) is 45.9 Å². The van der Waals surface area contributed by atoms with Crippen LogP contribution in [-0.2, 0) is 24.1 Å². The molecule has 3 rings (SSSR count). The van der Waals surface area contributed by atoms with Crippen molar-refractivity contribution < 1.29 is 14.6 Å². The molecule has 0 saturated carbocycles. The third kappa shape index (κ3) is 5.20. The normalized spacial score (nSPS) is 20.0. The summed E-state index contributed by atoms with van der Waals surface area (Å²) in [5, 5.41) is 11.7. The molecule has 176 valence electrons.